The molecule has 2 rings (SSSR count). The van der Waals surface area contributed by atoms with Gasteiger partial charge in [-0.05, 0) is 50.6 Å². The van der Waals surface area contributed by atoms with Crippen molar-refractivity contribution in [3.05, 3.63) is 28.2 Å². The standard InChI is InChI=1S/C13H18Cl2N2/c1-17-4-2-3-10(9-17)8-16-13-6-11(14)5-12(15)7-13/h5-7,10,16H,2-4,8-9H2,1H3. The molecule has 1 saturated heterocycles. The Labute approximate surface area is 113 Å². The third kappa shape index (κ3) is 4.06. The molecule has 0 aliphatic carbocycles. The fraction of sp³-hybridized carbons (Fsp3) is 0.538. The van der Waals surface area contributed by atoms with Gasteiger partial charge in [-0.15, -0.1) is 0 Å². The van der Waals surface area contributed by atoms with Gasteiger partial charge in [0.15, 0.2) is 0 Å². The molecule has 4 heteroatoms. The van der Waals surface area contributed by atoms with Crippen molar-refractivity contribution in [1.29, 1.82) is 0 Å². The van der Waals surface area contributed by atoms with Gasteiger partial charge in [0.05, 0.1) is 0 Å². The second-order valence-electron chi connectivity index (χ2n) is 4.81. The van der Waals surface area contributed by atoms with Crippen molar-refractivity contribution in [2.45, 2.75) is 12.8 Å². The van der Waals surface area contributed by atoms with Gasteiger partial charge in [-0.25, -0.2) is 0 Å². The van der Waals surface area contributed by atoms with Crippen LogP contribution in [0, 0.1) is 5.92 Å². The van der Waals surface area contributed by atoms with E-state index in [1.54, 1.807) is 6.07 Å². The summed E-state index contributed by atoms with van der Waals surface area (Å²) in [5.74, 6) is 0.714. The molecule has 94 valence electrons. The van der Waals surface area contributed by atoms with Gasteiger partial charge < -0.3 is 10.2 Å². The third-order valence-corrected chi connectivity index (χ3v) is 3.62. The Morgan fingerprint density at radius 1 is 1.29 bits per heavy atom. The summed E-state index contributed by atoms with van der Waals surface area (Å²) < 4.78 is 0. The molecule has 1 atom stereocenters. The largest absolute Gasteiger partial charge is 0.385 e. The van der Waals surface area contributed by atoms with Crippen LogP contribution in [0.25, 0.3) is 0 Å². The Morgan fingerprint density at radius 3 is 2.65 bits per heavy atom. The van der Waals surface area contributed by atoms with Crippen molar-refractivity contribution in [3.63, 3.8) is 0 Å². The lowest BCUT2D eigenvalue weighted by atomic mass is 9.98. The van der Waals surface area contributed by atoms with Crippen LogP contribution in [-0.4, -0.2) is 31.6 Å². The molecule has 1 aliphatic heterocycles. The zero-order valence-corrected chi connectivity index (χ0v) is 11.6. The first-order valence-electron chi connectivity index (χ1n) is 6.02. The second kappa shape index (κ2) is 5.94. The summed E-state index contributed by atoms with van der Waals surface area (Å²) in [6.45, 7) is 3.38. The van der Waals surface area contributed by atoms with Crippen LogP contribution >= 0.6 is 23.2 Å². The van der Waals surface area contributed by atoms with Crippen molar-refractivity contribution in [3.8, 4) is 0 Å². The number of halogens is 2. The summed E-state index contributed by atoms with van der Waals surface area (Å²) in [6.07, 6.45) is 2.59. The Balaban J connectivity index is 1.88. The smallest absolute Gasteiger partial charge is 0.0441 e. The minimum absolute atomic E-state index is 0.681. The average Bonchev–Trinajstić information content (AvgIpc) is 2.25. The van der Waals surface area contributed by atoms with E-state index in [4.69, 9.17) is 23.2 Å². The Morgan fingerprint density at radius 2 is 2.00 bits per heavy atom. The lowest BCUT2D eigenvalue weighted by molar-refractivity contribution is 0.217. The highest BCUT2D eigenvalue weighted by molar-refractivity contribution is 6.35. The number of benzene rings is 1. The summed E-state index contributed by atoms with van der Waals surface area (Å²) in [6, 6.07) is 5.59. The number of rotatable bonds is 3. The van der Waals surface area contributed by atoms with E-state index in [2.05, 4.69) is 17.3 Å². The van der Waals surface area contributed by atoms with Crippen molar-refractivity contribution in [2.75, 3.05) is 32.0 Å². The van der Waals surface area contributed by atoms with E-state index in [9.17, 15) is 0 Å². The molecule has 1 fully saturated rings. The van der Waals surface area contributed by atoms with E-state index >= 15 is 0 Å². The number of hydrogen-bond acceptors (Lipinski definition) is 2. The lowest BCUT2D eigenvalue weighted by Crippen LogP contribution is -2.35. The van der Waals surface area contributed by atoms with E-state index in [0.717, 1.165) is 12.2 Å². The number of nitrogens with one attached hydrogen (secondary N) is 1. The molecule has 1 aromatic carbocycles. The van der Waals surface area contributed by atoms with E-state index in [-0.39, 0.29) is 0 Å². The molecule has 17 heavy (non-hydrogen) atoms. The summed E-state index contributed by atoms with van der Waals surface area (Å²) in [5.41, 5.74) is 1.01. The maximum absolute atomic E-state index is 5.96. The number of hydrogen-bond donors (Lipinski definition) is 1. The van der Waals surface area contributed by atoms with Crippen molar-refractivity contribution in [1.82, 2.24) is 4.90 Å². The molecule has 1 heterocycles. The van der Waals surface area contributed by atoms with Gasteiger partial charge in [0.2, 0.25) is 0 Å². The van der Waals surface area contributed by atoms with E-state index < -0.39 is 0 Å². The quantitative estimate of drug-likeness (QED) is 0.902. The monoisotopic (exact) mass is 272 g/mol. The highest BCUT2D eigenvalue weighted by atomic mass is 35.5. The first-order valence-corrected chi connectivity index (χ1v) is 6.77. The van der Waals surface area contributed by atoms with Crippen LogP contribution in [0.3, 0.4) is 0 Å². The first-order chi connectivity index (χ1) is 8.13. The van der Waals surface area contributed by atoms with Gasteiger partial charge in [0.25, 0.3) is 0 Å². The van der Waals surface area contributed by atoms with Crippen LogP contribution in [-0.2, 0) is 0 Å². The van der Waals surface area contributed by atoms with Gasteiger partial charge in [0.1, 0.15) is 0 Å². The molecule has 1 N–H and O–H groups in total. The fourth-order valence-electron chi connectivity index (χ4n) is 2.36. The number of anilines is 1. The molecule has 2 nitrogen and oxygen atoms in total. The van der Waals surface area contributed by atoms with Gasteiger partial charge in [-0.2, -0.15) is 0 Å². The van der Waals surface area contributed by atoms with Crippen molar-refractivity contribution in [2.24, 2.45) is 5.92 Å². The Hall–Kier alpha value is -0.440. The van der Waals surface area contributed by atoms with Gasteiger partial charge in [-0.3, -0.25) is 0 Å². The predicted molar refractivity (Wildman–Crippen MR) is 75.2 cm³/mol. The van der Waals surface area contributed by atoms with Crippen molar-refractivity contribution < 1.29 is 0 Å². The third-order valence-electron chi connectivity index (χ3n) is 3.18. The molecule has 1 aliphatic rings. The summed E-state index contributed by atoms with van der Waals surface area (Å²) in [5, 5.41) is 4.78. The maximum Gasteiger partial charge on any atom is 0.0441 e. The molecule has 0 spiro atoms. The molecule has 1 aromatic rings. The minimum Gasteiger partial charge on any atom is -0.385 e. The molecule has 0 aromatic heterocycles. The summed E-state index contributed by atoms with van der Waals surface area (Å²) >= 11 is 11.9. The summed E-state index contributed by atoms with van der Waals surface area (Å²) in [4.78, 5) is 2.39. The lowest BCUT2D eigenvalue weighted by Gasteiger charge is -2.30. The highest BCUT2D eigenvalue weighted by Crippen LogP contribution is 2.23. The van der Waals surface area contributed by atoms with Gasteiger partial charge in [0, 0.05) is 28.8 Å². The van der Waals surface area contributed by atoms with Crippen LogP contribution in [0.4, 0.5) is 5.69 Å². The van der Waals surface area contributed by atoms with E-state index in [0.29, 0.717) is 16.0 Å². The zero-order valence-electron chi connectivity index (χ0n) is 10.0. The molecule has 1 unspecified atom stereocenters. The number of likely N-dealkylation sites (tertiary alicyclic amines) is 1. The number of piperidine rings is 1. The minimum atomic E-state index is 0.681. The van der Waals surface area contributed by atoms with Crippen LogP contribution in [0.5, 0.6) is 0 Å². The summed E-state index contributed by atoms with van der Waals surface area (Å²) in [7, 11) is 2.18. The Bertz CT molecular complexity index is 361. The van der Waals surface area contributed by atoms with Gasteiger partial charge in [-0.1, -0.05) is 23.2 Å². The Kier molecular flexibility index (Phi) is 4.55. The molecule has 0 amide bonds. The second-order valence-corrected chi connectivity index (χ2v) is 5.68. The molecule has 0 radical (unpaired) electrons. The molecular formula is C13H18Cl2N2. The van der Waals surface area contributed by atoms with E-state index in [1.165, 1.54) is 25.9 Å². The highest BCUT2D eigenvalue weighted by Gasteiger charge is 2.16. The first kappa shape index (κ1) is 13.0. The van der Waals surface area contributed by atoms with Gasteiger partial charge >= 0.3 is 0 Å². The predicted octanol–water partition coefficient (Wildman–Crippen LogP) is 3.75. The average molecular weight is 273 g/mol. The topological polar surface area (TPSA) is 15.3 Å². The zero-order chi connectivity index (χ0) is 12.3. The van der Waals surface area contributed by atoms with Crippen LogP contribution in [0.15, 0.2) is 18.2 Å². The molecule has 0 saturated carbocycles. The van der Waals surface area contributed by atoms with Crippen LogP contribution in [0.2, 0.25) is 10.0 Å². The maximum atomic E-state index is 5.96. The van der Waals surface area contributed by atoms with E-state index in [1.807, 2.05) is 12.1 Å². The number of nitrogens with zero attached hydrogens (tertiary/aromatic N) is 1. The van der Waals surface area contributed by atoms with Crippen LogP contribution in [0.1, 0.15) is 12.8 Å². The normalized spacial score (nSPS) is 21.5. The van der Waals surface area contributed by atoms with Crippen molar-refractivity contribution >= 4 is 28.9 Å². The SMILES string of the molecule is CN1CCCC(CNc2cc(Cl)cc(Cl)c2)C1. The molecule has 0 bridgehead atoms. The molecular weight excluding hydrogens is 255 g/mol. The fourth-order valence-corrected chi connectivity index (χ4v) is 2.88. The van der Waals surface area contributed by atoms with Crippen LogP contribution < -0.4 is 5.32 Å².